The number of alkyl halides is 1. The fourth-order valence-electron chi connectivity index (χ4n) is 1.87. The molecule has 2 aromatic rings. The highest BCUT2D eigenvalue weighted by molar-refractivity contribution is 6.21. The molecule has 1 aromatic heterocycles. The summed E-state index contributed by atoms with van der Waals surface area (Å²) in [6.45, 7) is 2.09. The van der Waals surface area contributed by atoms with Gasteiger partial charge in [-0.2, -0.15) is 0 Å². The molecule has 0 bridgehead atoms. The van der Waals surface area contributed by atoms with Crippen LogP contribution in [0.1, 0.15) is 29.5 Å². The van der Waals surface area contributed by atoms with E-state index in [2.05, 4.69) is 11.9 Å². The van der Waals surface area contributed by atoms with Crippen LogP contribution in [0.4, 0.5) is 0 Å². The minimum atomic E-state index is -0.0918. The maximum absolute atomic E-state index is 6.51. The number of aromatic nitrogens is 1. The van der Waals surface area contributed by atoms with Crippen molar-refractivity contribution in [1.29, 1.82) is 0 Å². The number of pyridine rings is 1. The number of methoxy groups -OCH3 is 1. The van der Waals surface area contributed by atoms with Gasteiger partial charge in [0, 0.05) is 17.8 Å². The van der Waals surface area contributed by atoms with Crippen LogP contribution in [-0.4, -0.2) is 12.1 Å². The van der Waals surface area contributed by atoms with Gasteiger partial charge in [0.05, 0.1) is 12.5 Å². The minimum absolute atomic E-state index is 0.0918. The molecule has 0 spiro atoms. The fraction of sp³-hybridized carbons (Fsp3) is 0.267. The van der Waals surface area contributed by atoms with E-state index in [9.17, 15) is 0 Å². The van der Waals surface area contributed by atoms with Crippen LogP contribution in [0.3, 0.4) is 0 Å². The van der Waals surface area contributed by atoms with Gasteiger partial charge < -0.3 is 4.74 Å². The predicted molar refractivity (Wildman–Crippen MR) is 74.2 cm³/mol. The molecule has 18 heavy (non-hydrogen) atoms. The van der Waals surface area contributed by atoms with Crippen LogP contribution in [0.25, 0.3) is 0 Å². The van der Waals surface area contributed by atoms with Crippen molar-refractivity contribution in [1.82, 2.24) is 4.98 Å². The van der Waals surface area contributed by atoms with Crippen LogP contribution < -0.4 is 4.74 Å². The van der Waals surface area contributed by atoms with Gasteiger partial charge in [-0.15, -0.1) is 11.6 Å². The van der Waals surface area contributed by atoms with Crippen LogP contribution >= 0.6 is 11.6 Å². The first-order valence-corrected chi connectivity index (χ1v) is 6.35. The lowest BCUT2D eigenvalue weighted by Gasteiger charge is -2.18. The van der Waals surface area contributed by atoms with Gasteiger partial charge in [0.15, 0.2) is 0 Å². The molecule has 0 aliphatic carbocycles. The van der Waals surface area contributed by atoms with E-state index in [-0.39, 0.29) is 11.3 Å². The van der Waals surface area contributed by atoms with Crippen molar-refractivity contribution in [3.05, 3.63) is 59.9 Å². The molecule has 2 atom stereocenters. The summed E-state index contributed by atoms with van der Waals surface area (Å²) in [4.78, 5) is 4.35. The molecule has 1 heterocycles. The van der Waals surface area contributed by atoms with E-state index in [1.54, 1.807) is 13.3 Å². The number of benzene rings is 1. The zero-order valence-corrected chi connectivity index (χ0v) is 11.3. The van der Waals surface area contributed by atoms with E-state index in [0.717, 1.165) is 17.0 Å². The molecule has 2 rings (SSSR count). The van der Waals surface area contributed by atoms with Crippen molar-refractivity contribution in [3.63, 3.8) is 0 Å². The highest BCUT2D eigenvalue weighted by atomic mass is 35.5. The Balaban J connectivity index is 2.17. The summed E-state index contributed by atoms with van der Waals surface area (Å²) < 4.78 is 5.14. The second-order valence-corrected chi connectivity index (χ2v) is 4.69. The summed E-state index contributed by atoms with van der Waals surface area (Å²) >= 11 is 6.51. The molecule has 94 valence electrons. The first kappa shape index (κ1) is 12.9. The van der Waals surface area contributed by atoms with Crippen LogP contribution in [0.2, 0.25) is 0 Å². The number of ether oxygens (including phenoxy) is 1. The molecule has 0 saturated heterocycles. The Bertz CT molecular complexity index is 484. The van der Waals surface area contributed by atoms with E-state index < -0.39 is 0 Å². The summed E-state index contributed by atoms with van der Waals surface area (Å²) in [5.74, 6) is 1.01. The summed E-state index contributed by atoms with van der Waals surface area (Å²) in [6.07, 6.45) is 1.80. The molecule has 0 N–H and O–H groups in total. The van der Waals surface area contributed by atoms with Gasteiger partial charge >= 0.3 is 0 Å². The molecule has 2 nitrogen and oxygen atoms in total. The van der Waals surface area contributed by atoms with E-state index in [4.69, 9.17) is 16.3 Å². The Morgan fingerprint density at radius 3 is 2.39 bits per heavy atom. The third-order valence-corrected chi connectivity index (χ3v) is 3.66. The monoisotopic (exact) mass is 261 g/mol. The fourth-order valence-corrected chi connectivity index (χ4v) is 2.15. The highest BCUT2D eigenvalue weighted by Gasteiger charge is 2.19. The second-order valence-electron chi connectivity index (χ2n) is 4.22. The van der Waals surface area contributed by atoms with Crippen molar-refractivity contribution >= 4 is 11.6 Å². The Hall–Kier alpha value is -1.54. The van der Waals surface area contributed by atoms with Gasteiger partial charge in [-0.25, -0.2) is 0 Å². The standard InChI is InChI=1S/C15H16ClNO/c1-11(14-5-3-4-10-17-14)15(16)12-6-8-13(18-2)9-7-12/h3-11,15H,1-2H3. The number of rotatable bonds is 4. The molecule has 0 amide bonds. The van der Waals surface area contributed by atoms with Crippen LogP contribution in [-0.2, 0) is 0 Å². The molecule has 0 radical (unpaired) electrons. The van der Waals surface area contributed by atoms with Crippen molar-refractivity contribution < 1.29 is 4.74 Å². The minimum Gasteiger partial charge on any atom is -0.497 e. The first-order chi connectivity index (χ1) is 8.72. The summed E-state index contributed by atoms with van der Waals surface area (Å²) in [5.41, 5.74) is 2.09. The Morgan fingerprint density at radius 1 is 1.11 bits per heavy atom. The molecule has 0 aliphatic rings. The lowest BCUT2D eigenvalue weighted by atomic mass is 9.97. The smallest absolute Gasteiger partial charge is 0.118 e. The number of halogens is 1. The summed E-state index contributed by atoms with van der Waals surface area (Å²) in [7, 11) is 1.66. The molecular weight excluding hydrogens is 246 g/mol. The Morgan fingerprint density at radius 2 is 1.83 bits per heavy atom. The topological polar surface area (TPSA) is 22.1 Å². The zero-order chi connectivity index (χ0) is 13.0. The van der Waals surface area contributed by atoms with Crippen molar-refractivity contribution in [3.8, 4) is 5.75 Å². The van der Waals surface area contributed by atoms with Gasteiger partial charge in [0.25, 0.3) is 0 Å². The van der Waals surface area contributed by atoms with E-state index in [1.807, 2.05) is 42.5 Å². The van der Waals surface area contributed by atoms with Crippen molar-refractivity contribution in [2.75, 3.05) is 7.11 Å². The molecule has 1 aromatic carbocycles. The number of hydrogen-bond donors (Lipinski definition) is 0. The largest absolute Gasteiger partial charge is 0.497 e. The maximum atomic E-state index is 6.51. The van der Waals surface area contributed by atoms with Crippen LogP contribution in [0.5, 0.6) is 5.75 Å². The van der Waals surface area contributed by atoms with Gasteiger partial charge in [-0.3, -0.25) is 4.98 Å². The molecule has 0 fully saturated rings. The SMILES string of the molecule is COc1ccc(C(Cl)C(C)c2ccccn2)cc1. The Labute approximate surface area is 113 Å². The third kappa shape index (κ3) is 2.82. The van der Waals surface area contributed by atoms with Gasteiger partial charge in [-0.1, -0.05) is 25.1 Å². The Kier molecular flexibility index (Phi) is 4.21. The lowest BCUT2D eigenvalue weighted by molar-refractivity contribution is 0.414. The van der Waals surface area contributed by atoms with E-state index >= 15 is 0 Å². The van der Waals surface area contributed by atoms with Crippen LogP contribution in [0, 0.1) is 0 Å². The van der Waals surface area contributed by atoms with Gasteiger partial charge in [0.2, 0.25) is 0 Å². The maximum Gasteiger partial charge on any atom is 0.118 e. The third-order valence-electron chi connectivity index (χ3n) is 3.03. The average Bonchev–Trinajstić information content (AvgIpc) is 2.47. The van der Waals surface area contributed by atoms with Crippen molar-refractivity contribution in [2.45, 2.75) is 18.2 Å². The average molecular weight is 262 g/mol. The molecule has 0 saturated carbocycles. The van der Waals surface area contributed by atoms with Gasteiger partial charge in [-0.05, 0) is 29.8 Å². The number of hydrogen-bond acceptors (Lipinski definition) is 2. The first-order valence-electron chi connectivity index (χ1n) is 5.91. The van der Waals surface area contributed by atoms with Crippen LogP contribution in [0.15, 0.2) is 48.7 Å². The zero-order valence-electron chi connectivity index (χ0n) is 10.5. The van der Waals surface area contributed by atoms with Crippen molar-refractivity contribution in [2.24, 2.45) is 0 Å². The summed E-state index contributed by atoms with van der Waals surface area (Å²) in [6, 6.07) is 13.7. The molecule has 2 unspecified atom stereocenters. The quantitative estimate of drug-likeness (QED) is 0.771. The van der Waals surface area contributed by atoms with E-state index in [0.29, 0.717) is 0 Å². The molecule has 0 aliphatic heterocycles. The number of nitrogens with zero attached hydrogens (tertiary/aromatic N) is 1. The highest BCUT2D eigenvalue weighted by Crippen LogP contribution is 2.35. The van der Waals surface area contributed by atoms with Gasteiger partial charge in [0.1, 0.15) is 5.75 Å². The molecule has 3 heteroatoms. The second kappa shape index (κ2) is 5.87. The summed E-state index contributed by atoms with van der Waals surface area (Å²) in [5, 5.41) is -0.0918. The van der Waals surface area contributed by atoms with E-state index in [1.165, 1.54) is 0 Å². The predicted octanol–water partition coefficient (Wildman–Crippen LogP) is 4.17. The molecular formula is C15H16ClNO. The lowest BCUT2D eigenvalue weighted by Crippen LogP contribution is -2.04. The normalized spacial score (nSPS) is 13.9.